The van der Waals surface area contributed by atoms with Gasteiger partial charge in [0.1, 0.15) is 0 Å². The highest BCUT2D eigenvalue weighted by molar-refractivity contribution is 9.11. The summed E-state index contributed by atoms with van der Waals surface area (Å²) in [4.78, 5) is 4.71. The summed E-state index contributed by atoms with van der Waals surface area (Å²) in [7, 11) is 2.21. The van der Waals surface area contributed by atoms with Crippen molar-refractivity contribution in [3.8, 4) is 11.1 Å². The van der Waals surface area contributed by atoms with Crippen LogP contribution in [-0.4, -0.2) is 7.05 Å². The second kappa shape index (κ2) is 22.2. The molecule has 3 aliphatic carbocycles. The quantitative estimate of drug-likeness (QED) is 0.0676. The van der Waals surface area contributed by atoms with Gasteiger partial charge in [0.25, 0.3) is 0 Å². The first-order chi connectivity index (χ1) is 31.4. The summed E-state index contributed by atoms with van der Waals surface area (Å²) in [5.74, 6) is 0.374. The summed E-state index contributed by atoms with van der Waals surface area (Å²) >= 11 is 7.33. The molecule has 5 aromatic rings. The third-order valence-corrected chi connectivity index (χ3v) is 15.5. The molecule has 0 saturated carbocycles. The number of hydrogen-bond acceptors (Lipinski definition) is 2. The third-order valence-electron chi connectivity index (χ3n) is 14.3. The van der Waals surface area contributed by atoms with E-state index in [1.807, 2.05) is 0 Å². The van der Waals surface area contributed by atoms with Gasteiger partial charge in [-0.2, -0.15) is 0 Å². The van der Waals surface area contributed by atoms with Crippen molar-refractivity contribution in [2.75, 3.05) is 16.8 Å². The lowest BCUT2D eigenvalue weighted by Crippen LogP contribution is -2.28. The van der Waals surface area contributed by atoms with Gasteiger partial charge >= 0.3 is 0 Å². The predicted molar refractivity (Wildman–Crippen MR) is 285 cm³/mol. The number of para-hydroxylation sites is 1. The number of benzene rings is 5. The Morgan fingerprint density at radius 1 is 0.578 bits per heavy atom. The zero-order valence-electron chi connectivity index (χ0n) is 38.6. The molecule has 3 aliphatic rings. The van der Waals surface area contributed by atoms with Crippen LogP contribution in [0.4, 0.5) is 22.7 Å². The second-order valence-electron chi connectivity index (χ2n) is 18.6. The smallest absolute Gasteiger partial charge is 0.0462 e. The van der Waals surface area contributed by atoms with Crippen molar-refractivity contribution in [1.82, 2.24) is 0 Å². The standard InChI is InChI=1S/C60H68Br2N2/c1-4-6-8-10-12-17-41-60(42-18-13-11-9-7-5-2)58-43-47(45-21-31-51(32-22-45)63(3)52-35-27-49(61)28-36-52)25-39-56(58)57-40-26-48(44-59(57)60)46-23-33-54(34-24-46)64(53-19-15-14-16-20-53)55-37-29-50(62)30-38-55/h14-16,19-27,29-35,37-40,44,47H,4-13,17-18,28,36,41-43H2,1-3H3. The molecule has 0 saturated heterocycles. The van der Waals surface area contributed by atoms with Crippen LogP contribution in [0.1, 0.15) is 146 Å². The van der Waals surface area contributed by atoms with E-state index < -0.39 is 0 Å². The van der Waals surface area contributed by atoms with Gasteiger partial charge in [0.2, 0.25) is 0 Å². The average molecular weight is 977 g/mol. The first-order valence-electron chi connectivity index (χ1n) is 24.6. The number of unbranched alkanes of at least 4 members (excludes halogenated alkanes) is 10. The number of rotatable bonds is 21. The van der Waals surface area contributed by atoms with E-state index in [1.54, 1.807) is 11.1 Å². The molecule has 1 atom stereocenters. The molecule has 332 valence electrons. The van der Waals surface area contributed by atoms with Crippen LogP contribution in [-0.2, 0) is 5.41 Å². The zero-order chi connectivity index (χ0) is 44.3. The largest absolute Gasteiger partial charge is 0.348 e. The molecule has 8 rings (SSSR count). The van der Waals surface area contributed by atoms with Crippen molar-refractivity contribution in [3.63, 3.8) is 0 Å². The van der Waals surface area contributed by atoms with Crippen LogP contribution in [0, 0.1) is 0 Å². The van der Waals surface area contributed by atoms with Crippen molar-refractivity contribution >= 4 is 60.2 Å². The lowest BCUT2D eigenvalue weighted by Gasteiger charge is -2.37. The van der Waals surface area contributed by atoms with Crippen molar-refractivity contribution in [1.29, 1.82) is 0 Å². The maximum atomic E-state index is 3.69. The van der Waals surface area contributed by atoms with Crippen LogP contribution in [0.25, 0.3) is 16.7 Å². The highest BCUT2D eigenvalue weighted by Gasteiger charge is 2.45. The monoisotopic (exact) mass is 974 g/mol. The normalized spacial score (nSPS) is 16.3. The Hall–Kier alpha value is -4.38. The Balaban J connectivity index is 1.12. The summed E-state index contributed by atoms with van der Waals surface area (Å²) in [6, 6.07) is 45.7. The van der Waals surface area contributed by atoms with E-state index >= 15 is 0 Å². The maximum absolute atomic E-state index is 3.69. The lowest BCUT2D eigenvalue weighted by atomic mass is 9.66. The van der Waals surface area contributed by atoms with Crippen molar-refractivity contribution in [3.05, 3.63) is 183 Å². The van der Waals surface area contributed by atoms with Gasteiger partial charge in [-0.05, 0) is 143 Å². The molecule has 0 bridgehead atoms. The number of anilines is 4. The molecule has 1 unspecified atom stereocenters. The number of fused-ring (bicyclic) bond motifs is 2. The van der Waals surface area contributed by atoms with Crippen molar-refractivity contribution in [2.45, 2.75) is 134 Å². The van der Waals surface area contributed by atoms with Gasteiger partial charge in [0.15, 0.2) is 0 Å². The summed E-state index contributed by atoms with van der Waals surface area (Å²) in [5, 5.41) is 0. The number of allylic oxidation sites excluding steroid dienone is 8. The summed E-state index contributed by atoms with van der Waals surface area (Å²) < 4.78 is 2.37. The van der Waals surface area contributed by atoms with Crippen LogP contribution < -0.4 is 9.80 Å². The SMILES string of the molecule is CCCCCCCCC1(CCCCCCCC)C2=C(C=CC(c3ccc(N(C)C4=CC=C(Br)CC4)cc3)C2)c2ccc(-c3ccc(N(c4ccccc4)c4ccc(Br)cc4)cc3)cc21. The van der Waals surface area contributed by atoms with E-state index in [-0.39, 0.29) is 5.41 Å². The fraction of sp³-hybridized carbons (Fsp3) is 0.367. The van der Waals surface area contributed by atoms with Crippen LogP contribution in [0.15, 0.2) is 166 Å². The van der Waals surface area contributed by atoms with E-state index in [0.29, 0.717) is 5.92 Å². The molecule has 0 fully saturated rings. The molecule has 0 N–H and O–H groups in total. The highest BCUT2D eigenvalue weighted by atomic mass is 79.9. The van der Waals surface area contributed by atoms with Gasteiger partial charge in [-0.1, -0.05) is 201 Å². The second-order valence-corrected chi connectivity index (χ2v) is 20.5. The summed E-state index contributed by atoms with van der Waals surface area (Å²) in [6.07, 6.45) is 31.1. The van der Waals surface area contributed by atoms with Gasteiger partial charge in [-0.25, -0.2) is 0 Å². The molecule has 0 heterocycles. The number of nitrogens with zero attached hydrogens (tertiary/aromatic N) is 2. The molecule has 0 aromatic heterocycles. The Bertz CT molecular complexity index is 2400. The van der Waals surface area contributed by atoms with Crippen molar-refractivity contribution in [2.24, 2.45) is 0 Å². The molecule has 0 aliphatic heterocycles. The van der Waals surface area contributed by atoms with Crippen molar-refractivity contribution < 1.29 is 0 Å². The Morgan fingerprint density at radius 3 is 1.78 bits per heavy atom. The molecule has 0 spiro atoms. The first kappa shape index (κ1) is 46.2. The van der Waals surface area contributed by atoms with E-state index in [9.17, 15) is 0 Å². The minimum absolute atomic E-state index is 0.0558. The van der Waals surface area contributed by atoms with Crippen LogP contribution in [0.5, 0.6) is 0 Å². The zero-order valence-corrected chi connectivity index (χ0v) is 41.8. The summed E-state index contributed by atoms with van der Waals surface area (Å²) in [6.45, 7) is 4.66. The predicted octanol–water partition coefficient (Wildman–Crippen LogP) is 19.2. The highest BCUT2D eigenvalue weighted by Crippen LogP contribution is 2.58. The molecule has 64 heavy (non-hydrogen) atoms. The van der Waals surface area contributed by atoms with Gasteiger partial charge < -0.3 is 9.80 Å². The fourth-order valence-electron chi connectivity index (χ4n) is 10.7. The lowest BCUT2D eigenvalue weighted by molar-refractivity contribution is 0.378. The molecule has 0 amide bonds. The number of hydrogen-bond donors (Lipinski definition) is 0. The molecular weight excluding hydrogens is 908 g/mol. The van der Waals surface area contributed by atoms with Gasteiger partial charge in [0.05, 0.1) is 0 Å². The third kappa shape index (κ3) is 10.7. The Morgan fingerprint density at radius 2 is 1.16 bits per heavy atom. The Labute approximate surface area is 402 Å². The van der Waals surface area contributed by atoms with E-state index in [4.69, 9.17) is 0 Å². The number of halogens is 2. The van der Waals surface area contributed by atoms with E-state index in [1.165, 1.54) is 134 Å². The topological polar surface area (TPSA) is 6.48 Å². The van der Waals surface area contributed by atoms with E-state index in [2.05, 4.69) is 208 Å². The molecule has 0 radical (unpaired) electrons. The van der Waals surface area contributed by atoms with Crippen LogP contribution in [0.2, 0.25) is 0 Å². The molecular formula is C60H68Br2N2. The summed E-state index contributed by atoms with van der Waals surface area (Å²) in [5.41, 5.74) is 16.5. The molecule has 4 heteroatoms. The van der Waals surface area contributed by atoms with Gasteiger partial charge in [-0.3, -0.25) is 0 Å². The maximum Gasteiger partial charge on any atom is 0.0462 e. The Kier molecular flexibility index (Phi) is 16.0. The van der Waals surface area contributed by atoms with Gasteiger partial charge in [0, 0.05) is 51.3 Å². The minimum atomic E-state index is 0.0558. The van der Waals surface area contributed by atoms with E-state index in [0.717, 1.165) is 40.8 Å². The van der Waals surface area contributed by atoms with Gasteiger partial charge in [-0.15, -0.1) is 0 Å². The average Bonchev–Trinajstić information content (AvgIpc) is 3.60. The van der Waals surface area contributed by atoms with Crippen LogP contribution in [0.3, 0.4) is 0 Å². The molecule has 5 aromatic carbocycles. The van der Waals surface area contributed by atoms with Crippen LogP contribution >= 0.6 is 31.9 Å². The first-order valence-corrected chi connectivity index (χ1v) is 26.1. The fourth-order valence-corrected chi connectivity index (χ4v) is 11.3. The minimum Gasteiger partial charge on any atom is -0.348 e. The molecule has 2 nitrogen and oxygen atoms in total.